The van der Waals surface area contributed by atoms with Crippen LogP contribution in [0.3, 0.4) is 0 Å². The minimum atomic E-state index is -2.02. The van der Waals surface area contributed by atoms with E-state index in [4.69, 9.17) is 47.4 Å². The van der Waals surface area contributed by atoms with Crippen LogP contribution in [-0.4, -0.2) is 285 Å². The fourth-order valence-electron chi connectivity index (χ4n) is 17.7. The predicted octanol–water partition coefficient (Wildman–Crippen LogP) is -4.90. The van der Waals surface area contributed by atoms with E-state index in [1.54, 1.807) is 0 Å². The van der Waals surface area contributed by atoms with E-state index >= 15 is 4.79 Å². The first-order valence-corrected chi connectivity index (χ1v) is 30.4. The summed E-state index contributed by atoms with van der Waals surface area (Å²) >= 11 is 0. The predicted molar refractivity (Wildman–Crippen MR) is 287 cm³/mol. The average Bonchev–Trinajstić information content (AvgIpc) is 1.05. The van der Waals surface area contributed by atoms with Gasteiger partial charge < -0.3 is 134 Å². The molecule has 0 unspecified atom stereocenters. The Morgan fingerprint density at radius 2 is 1.02 bits per heavy atom. The Hall–Kier alpha value is -2.32. The van der Waals surface area contributed by atoms with E-state index in [0.29, 0.717) is 25.7 Å². The van der Waals surface area contributed by atoms with Gasteiger partial charge in [-0.05, 0) is 105 Å². The number of esters is 1. The van der Waals surface area contributed by atoms with Crippen molar-refractivity contribution in [2.24, 2.45) is 50.2 Å². The van der Waals surface area contributed by atoms with Crippen molar-refractivity contribution in [1.82, 2.24) is 0 Å². The lowest BCUT2D eigenvalue weighted by atomic mass is 9.33. The highest BCUT2D eigenvalue weighted by atomic mass is 16.8. The molecule has 34 atom stereocenters. The number of fused-ring (bicyclic) bond motifs is 7. The lowest BCUT2D eigenvalue weighted by molar-refractivity contribution is -0.373. The Morgan fingerprint density at radius 1 is 0.529 bits per heavy atom. The third-order valence-corrected chi connectivity index (χ3v) is 22.9. The summed E-state index contributed by atoms with van der Waals surface area (Å²) in [5.41, 5.74) is -5.60. The Kier molecular flexibility index (Phi) is 19.1. The Balaban J connectivity index is 0.891. The SMILES string of the molecule is C[C@@H]1O[C@@H](O[C@@H]2[C@@H](OC(=O)[C@]34CCC(C)(C)C[C@H]3C3=CC[C@@H]5[C@@]6(C)C[C@H](O)[C@H](O[C@@H]7O[C@H](CO)[C@@H](O)[C@H](O[C@@H]8O[C@H](CO)[C@@H](O)[C@H](O)[C@H]8O)[C@H]7O)[C@@](C)(C(=O)O)[C@@H]6CC[C@@]5(C)[C@]3(C)C[C@H]4O)O[C@H](CO)[C@H]2O)[C@H](O)[C@H](O)[C@H]1O[C@@H]1O[C@H](CO)[C@H](O)[C@H]1O. The quantitative estimate of drug-likeness (QED) is 0.0415. The Morgan fingerprint density at radius 3 is 1.61 bits per heavy atom. The third-order valence-electron chi connectivity index (χ3n) is 22.9. The van der Waals surface area contributed by atoms with Crippen LogP contribution in [-0.2, 0) is 57.0 Å². The van der Waals surface area contributed by atoms with Crippen LogP contribution >= 0.6 is 0 Å². The summed E-state index contributed by atoms with van der Waals surface area (Å²) in [5.74, 6) is -3.98. The minimum Gasteiger partial charge on any atom is -0.481 e. The van der Waals surface area contributed by atoms with Crippen LogP contribution in [0.1, 0.15) is 99.8 Å². The standard InChI is InChI=1S/C58H92O29/c1-21-42(83-47-38(71)33(66)26(18-60)80-47)37(70)40(73)46(78-21)85-44-35(68)28(20-62)82-50(44)87-52(77)58-13-12-53(2,3)14-23(58)22-8-9-29-54(4)15-24(63)45(57(7,51(75)76)30(54)10-11-55(29,5)56(22,6)16-31(58)64)86-49-41(74)43(34(67)27(19-61)81-49)84-48-39(72)36(69)32(65)25(17-59)79-48/h8,21,23-50,59-74H,9-20H2,1-7H3,(H,75,76)/t21-,23-,24-,25+,26+,27+,28+,29+,30+,31+,32+,33-,34+,35+,36-,37-,38+,39+,40+,41+,42-,43-,44-,45-,46-,47-,48-,49-,50+,54+,55+,56+,57-,58+/m0/s1. The Bertz CT molecular complexity index is 2490. The monoisotopic (exact) mass is 1250 g/mol. The number of aliphatic hydroxyl groups is 16. The minimum absolute atomic E-state index is 0.0290. The average molecular weight is 1250 g/mol. The second-order valence-electron chi connectivity index (χ2n) is 28.1. The molecule has 0 bridgehead atoms. The zero-order chi connectivity index (χ0) is 63.7. The summed E-state index contributed by atoms with van der Waals surface area (Å²) in [6, 6.07) is 0. The lowest BCUT2D eigenvalue weighted by Gasteiger charge is -2.71. The van der Waals surface area contributed by atoms with Crippen molar-refractivity contribution in [2.45, 2.75) is 259 Å². The molecule has 5 heterocycles. The van der Waals surface area contributed by atoms with E-state index in [-0.39, 0.29) is 37.0 Å². The molecule has 5 aliphatic heterocycles. The molecule has 498 valence electrons. The number of carboxylic acids is 1. The maximum atomic E-state index is 15.4. The normalized spacial score (nSPS) is 54.8. The number of ether oxygens (including phenoxy) is 10. The van der Waals surface area contributed by atoms with E-state index in [0.717, 1.165) is 5.57 Å². The van der Waals surface area contributed by atoms with Gasteiger partial charge in [0.05, 0.1) is 50.2 Å². The summed E-state index contributed by atoms with van der Waals surface area (Å²) in [6.45, 7) is 10.0. The summed E-state index contributed by atoms with van der Waals surface area (Å²) in [7, 11) is 0. The number of allylic oxidation sites excluding steroid dienone is 2. The van der Waals surface area contributed by atoms with Gasteiger partial charge in [0.1, 0.15) is 109 Å². The third kappa shape index (κ3) is 10.8. The van der Waals surface area contributed by atoms with Gasteiger partial charge in [-0.1, -0.05) is 46.3 Å². The van der Waals surface area contributed by atoms with Crippen LogP contribution in [0, 0.1) is 50.2 Å². The first-order chi connectivity index (χ1) is 40.7. The summed E-state index contributed by atoms with van der Waals surface area (Å²) in [5, 5.41) is 186. The van der Waals surface area contributed by atoms with Crippen molar-refractivity contribution in [1.29, 1.82) is 0 Å². The summed E-state index contributed by atoms with van der Waals surface area (Å²) in [4.78, 5) is 29.5. The van der Waals surface area contributed by atoms with Crippen LogP contribution in [0.4, 0.5) is 0 Å². The second kappa shape index (κ2) is 24.5. The largest absolute Gasteiger partial charge is 0.481 e. The topological polar surface area (TPSA) is 470 Å². The number of hydrogen-bond acceptors (Lipinski definition) is 28. The van der Waals surface area contributed by atoms with Crippen molar-refractivity contribution < 1.29 is 144 Å². The highest BCUT2D eigenvalue weighted by Gasteiger charge is 2.74. The molecule has 0 radical (unpaired) electrons. The molecule has 0 aromatic heterocycles. The first-order valence-electron chi connectivity index (χ1n) is 30.4. The molecule has 5 saturated heterocycles. The van der Waals surface area contributed by atoms with Gasteiger partial charge in [0.15, 0.2) is 31.3 Å². The van der Waals surface area contributed by atoms with E-state index in [1.807, 2.05) is 6.92 Å². The number of carbonyl (C=O) groups is 2. The van der Waals surface area contributed by atoms with E-state index in [1.165, 1.54) is 13.8 Å². The number of hydrogen-bond donors (Lipinski definition) is 17. The van der Waals surface area contributed by atoms with Crippen molar-refractivity contribution in [3.8, 4) is 0 Å². The van der Waals surface area contributed by atoms with Gasteiger partial charge >= 0.3 is 11.9 Å². The van der Waals surface area contributed by atoms with Gasteiger partial charge in [-0.25, -0.2) is 0 Å². The van der Waals surface area contributed by atoms with Gasteiger partial charge in [-0.15, -0.1) is 0 Å². The zero-order valence-corrected chi connectivity index (χ0v) is 49.8. The molecule has 29 heteroatoms. The lowest BCUT2D eigenvalue weighted by Crippen LogP contribution is -2.71. The molecule has 9 fully saturated rings. The van der Waals surface area contributed by atoms with E-state index < -0.39 is 237 Å². The number of carbonyl (C=O) groups excluding carboxylic acids is 1. The number of aliphatic carboxylic acids is 1. The molecule has 87 heavy (non-hydrogen) atoms. The second-order valence-corrected chi connectivity index (χ2v) is 28.1. The summed E-state index contributed by atoms with van der Waals surface area (Å²) < 4.78 is 58.8. The highest BCUT2D eigenvalue weighted by Crippen LogP contribution is 2.76. The molecule has 0 aromatic rings. The van der Waals surface area contributed by atoms with E-state index in [9.17, 15) is 91.6 Å². The van der Waals surface area contributed by atoms with Gasteiger partial charge in [-0.3, -0.25) is 9.59 Å². The van der Waals surface area contributed by atoms with Crippen molar-refractivity contribution in [3.05, 3.63) is 11.6 Å². The highest BCUT2D eigenvalue weighted by molar-refractivity contribution is 5.80. The van der Waals surface area contributed by atoms with Crippen LogP contribution in [0.15, 0.2) is 11.6 Å². The molecule has 29 nitrogen and oxygen atoms in total. The van der Waals surface area contributed by atoms with Crippen molar-refractivity contribution >= 4 is 11.9 Å². The molecule has 10 rings (SSSR count). The number of aliphatic hydroxyl groups excluding tert-OH is 16. The molecule has 5 aliphatic carbocycles. The molecule has 4 saturated carbocycles. The molecular formula is C58H92O29. The van der Waals surface area contributed by atoms with Crippen LogP contribution in [0.2, 0.25) is 0 Å². The van der Waals surface area contributed by atoms with Gasteiger partial charge in [0.2, 0.25) is 6.29 Å². The van der Waals surface area contributed by atoms with Crippen LogP contribution in [0.5, 0.6) is 0 Å². The maximum Gasteiger partial charge on any atom is 0.317 e. The maximum absolute atomic E-state index is 15.4. The first kappa shape index (κ1) is 67.6. The van der Waals surface area contributed by atoms with E-state index in [2.05, 4.69) is 33.8 Å². The van der Waals surface area contributed by atoms with Crippen LogP contribution < -0.4 is 0 Å². The van der Waals surface area contributed by atoms with Crippen molar-refractivity contribution in [3.63, 3.8) is 0 Å². The summed E-state index contributed by atoms with van der Waals surface area (Å²) in [6.07, 6.45) is -38.8. The van der Waals surface area contributed by atoms with Crippen molar-refractivity contribution in [2.75, 3.05) is 26.4 Å². The van der Waals surface area contributed by atoms with Gasteiger partial charge in [0, 0.05) is 0 Å². The molecular weight excluding hydrogens is 1160 g/mol. The number of rotatable bonds is 15. The fourth-order valence-corrected chi connectivity index (χ4v) is 17.7. The van der Waals surface area contributed by atoms with Gasteiger partial charge in [-0.2, -0.15) is 0 Å². The van der Waals surface area contributed by atoms with Crippen LogP contribution in [0.25, 0.3) is 0 Å². The molecule has 0 aromatic carbocycles. The number of carboxylic acid groups (broad SMARTS) is 1. The Labute approximate surface area is 502 Å². The molecule has 17 N–H and O–H groups in total. The van der Waals surface area contributed by atoms with Gasteiger partial charge in [0.25, 0.3) is 0 Å². The zero-order valence-electron chi connectivity index (χ0n) is 49.8. The molecule has 10 aliphatic rings. The molecule has 0 amide bonds. The smallest absolute Gasteiger partial charge is 0.317 e. The molecule has 0 spiro atoms. The fraction of sp³-hybridized carbons (Fsp3) is 0.931.